The maximum absolute atomic E-state index is 13.3. The Bertz CT molecular complexity index is 935. The Morgan fingerprint density at radius 2 is 1.80 bits per heavy atom. The SMILES string of the molecule is Cc1c(Br)cc(Br)c2c1C(=Cc1ccc(F)cc1C(F)(F)F)C(=O)N2. The van der Waals surface area contributed by atoms with Crippen LogP contribution in [0.25, 0.3) is 11.6 Å². The number of benzene rings is 2. The number of alkyl halides is 3. The van der Waals surface area contributed by atoms with Crippen molar-refractivity contribution >= 4 is 55.1 Å². The van der Waals surface area contributed by atoms with Crippen LogP contribution < -0.4 is 5.32 Å². The van der Waals surface area contributed by atoms with E-state index in [2.05, 4.69) is 37.2 Å². The fourth-order valence-electron chi connectivity index (χ4n) is 2.66. The van der Waals surface area contributed by atoms with Gasteiger partial charge in [-0.25, -0.2) is 4.39 Å². The molecule has 0 spiro atoms. The number of rotatable bonds is 1. The van der Waals surface area contributed by atoms with Crippen LogP contribution in [0.15, 0.2) is 33.2 Å². The van der Waals surface area contributed by atoms with Crippen LogP contribution in [-0.4, -0.2) is 5.91 Å². The molecule has 0 fully saturated rings. The van der Waals surface area contributed by atoms with Gasteiger partial charge in [0, 0.05) is 20.1 Å². The first-order valence-electron chi connectivity index (χ1n) is 6.98. The van der Waals surface area contributed by atoms with Gasteiger partial charge in [-0.2, -0.15) is 13.2 Å². The summed E-state index contributed by atoms with van der Waals surface area (Å²) in [7, 11) is 0. The second-order valence-electron chi connectivity index (χ2n) is 5.46. The lowest BCUT2D eigenvalue weighted by Crippen LogP contribution is -2.09. The second-order valence-corrected chi connectivity index (χ2v) is 7.17. The van der Waals surface area contributed by atoms with Crippen molar-refractivity contribution in [1.29, 1.82) is 0 Å². The number of carbonyl (C=O) groups excluding carboxylic acids is 1. The van der Waals surface area contributed by atoms with Gasteiger partial charge in [0.05, 0.1) is 11.3 Å². The molecule has 8 heteroatoms. The average Bonchev–Trinajstić information content (AvgIpc) is 2.83. The molecule has 1 N–H and O–H groups in total. The lowest BCUT2D eigenvalue weighted by Gasteiger charge is -2.12. The van der Waals surface area contributed by atoms with Crippen molar-refractivity contribution in [3.63, 3.8) is 0 Å². The first kappa shape index (κ1) is 18.1. The van der Waals surface area contributed by atoms with E-state index in [-0.39, 0.29) is 11.1 Å². The highest BCUT2D eigenvalue weighted by atomic mass is 79.9. The molecule has 25 heavy (non-hydrogen) atoms. The van der Waals surface area contributed by atoms with Crippen molar-refractivity contribution in [2.24, 2.45) is 0 Å². The molecule has 0 unspecified atom stereocenters. The summed E-state index contributed by atoms with van der Waals surface area (Å²) in [6, 6.07) is 4.11. The first-order chi connectivity index (χ1) is 11.6. The van der Waals surface area contributed by atoms with E-state index in [0.717, 1.165) is 18.2 Å². The summed E-state index contributed by atoms with van der Waals surface area (Å²) in [6.45, 7) is 1.75. The Hall–Kier alpha value is -1.67. The van der Waals surface area contributed by atoms with E-state index in [1.54, 1.807) is 13.0 Å². The molecular weight excluding hydrogens is 470 g/mol. The minimum Gasteiger partial charge on any atom is -0.320 e. The van der Waals surface area contributed by atoms with E-state index in [1.165, 1.54) is 0 Å². The third-order valence-corrected chi connectivity index (χ3v) is 5.30. The van der Waals surface area contributed by atoms with Crippen molar-refractivity contribution < 1.29 is 22.4 Å². The van der Waals surface area contributed by atoms with Gasteiger partial charge in [0.1, 0.15) is 5.82 Å². The molecule has 3 rings (SSSR count). The highest BCUT2D eigenvalue weighted by Crippen LogP contribution is 2.44. The summed E-state index contributed by atoms with van der Waals surface area (Å²) in [5.41, 5.74) is 0.386. The number of fused-ring (bicyclic) bond motifs is 1. The van der Waals surface area contributed by atoms with Gasteiger partial charge >= 0.3 is 6.18 Å². The van der Waals surface area contributed by atoms with Crippen molar-refractivity contribution in [1.82, 2.24) is 0 Å². The van der Waals surface area contributed by atoms with Crippen LogP contribution in [0.1, 0.15) is 22.3 Å². The topological polar surface area (TPSA) is 29.1 Å². The number of nitrogens with one attached hydrogen (secondary N) is 1. The number of hydrogen-bond donors (Lipinski definition) is 1. The van der Waals surface area contributed by atoms with Gasteiger partial charge in [-0.3, -0.25) is 4.79 Å². The van der Waals surface area contributed by atoms with Gasteiger partial charge in [0.25, 0.3) is 5.91 Å². The summed E-state index contributed by atoms with van der Waals surface area (Å²) in [5.74, 6) is -1.51. The first-order valence-corrected chi connectivity index (χ1v) is 8.57. The largest absolute Gasteiger partial charge is 0.417 e. The molecule has 2 nitrogen and oxygen atoms in total. The van der Waals surface area contributed by atoms with E-state index in [0.29, 0.717) is 31.8 Å². The van der Waals surface area contributed by atoms with Gasteiger partial charge in [-0.1, -0.05) is 22.0 Å². The second kappa shape index (κ2) is 6.25. The Kier molecular flexibility index (Phi) is 4.53. The summed E-state index contributed by atoms with van der Waals surface area (Å²) in [4.78, 5) is 12.3. The molecule has 0 aliphatic carbocycles. The molecule has 0 aromatic heterocycles. The predicted molar refractivity (Wildman–Crippen MR) is 94.5 cm³/mol. The molecule has 0 atom stereocenters. The smallest absolute Gasteiger partial charge is 0.320 e. The highest BCUT2D eigenvalue weighted by Gasteiger charge is 2.35. The minimum absolute atomic E-state index is 0.0895. The van der Waals surface area contributed by atoms with Crippen molar-refractivity contribution in [2.75, 3.05) is 5.32 Å². The van der Waals surface area contributed by atoms with E-state index >= 15 is 0 Å². The van der Waals surface area contributed by atoms with Crippen LogP contribution in [0.5, 0.6) is 0 Å². The third-order valence-electron chi connectivity index (χ3n) is 3.85. The number of anilines is 1. The summed E-state index contributed by atoms with van der Waals surface area (Å²) >= 11 is 6.69. The minimum atomic E-state index is -4.74. The number of amides is 1. The van der Waals surface area contributed by atoms with Crippen molar-refractivity contribution in [2.45, 2.75) is 13.1 Å². The fourth-order valence-corrected chi connectivity index (χ4v) is 3.93. The van der Waals surface area contributed by atoms with Crippen LogP contribution in [-0.2, 0) is 11.0 Å². The molecule has 2 aromatic carbocycles. The summed E-state index contributed by atoms with van der Waals surface area (Å²) < 4.78 is 54.1. The van der Waals surface area contributed by atoms with E-state index < -0.39 is 23.5 Å². The summed E-state index contributed by atoms with van der Waals surface area (Å²) in [6.07, 6.45) is -3.60. The Balaban J connectivity index is 2.26. The van der Waals surface area contributed by atoms with Crippen LogP contribution in [0, 0.1) is 12.7 Å². The van der Waals surface area contributed by atoms with Gasteiger partial charge in [-0.15, -0.1) is 0 Å². The lowest BCUT2D eigenvalue weighted by molar-refractivity contribution is -0.137. The summed E-state index contributed by atoms with van der Waals surface area (Å²) in [5, 5.41) is 2.64. The molecule has 1 heterocycles. The molecule has 130 valence electrons. The Labute approximate surface area is 157 Å². The molecule has 0 saturated carbocycles. The quantitative estimate of drug-likeness (QED) is 0.385. The van der Waals surface area contributed by atoms with Gasteiger partial charge in [0.15, 0.2) is 0 Å². The zero-order valence-electron chi connectivity index (χ0n) is 12.6. The van der Waals surface area contributed by atoms with Gasteiger partial charge in [-0.05, 0) is 58.3 Å². The predicted octanol–water partition coefficient (Wildman–Crippen LogP) is 6.17. The molecular formula is C17H9Br2F4NO. The number of carbonyl (C=O) groups is 1. The monoisotopic (exact) mass is 477 g/mol. The van der Waals surface area contributed by atoms with E-state index in [1.807, 2.05) is 0 Å². The molecule has 1 aliphatic heterocycles. The standard InChI is InChI=1S/C17H9Br2F4NO/c1-7-12(18)6-13(19)15-14(7)10(16(25)24-15)4-8-2-3-9(20)5-11(8)17(21,22)23/h2-6H,1H3,(H,24,25). The van der Waals surface area contributed by atoms with Crippen LogP contribution in [0.2, 0.25) is 0 Å². The lowest BCUT2D eigenvalue weighted by atomic mass is 9.97. The molecule has 0 saturated heterocycles. The Morgan fingerprint density at radius 1 is 1.12 bits per heavy atom. The highest BCUT2D eigenvalue weighted by molar-refractivity contribution is 9.11. The van der Waals surface area contributed by atoms with Gasteiger partial charge < -0.3 is 5.32 Å². The normalized spacial score (nSPS) is 15.5. The molecule has 0 bridgehead atoms. The van der Waals surface area contributed by atoms with E-state index in [9.17, 15) is 22.4 Å². The molecule has 1 amide bonds. The van der Waals surface area contributed by atoms with E-state index in [4.69, 9.17) is 0 Å². The zero-order valence-corrected chi connectivity index (χ0v) is 15.7. The molecule has 0 radical (unpaired) electrons. The van der Waals surface area contributed by atoms with Crippen LogP contribution in [0.4, 0.5) is 23.2 Å². The maximum Gasteiger partial charge on any atom is 0.417 e. The fraction of sp³-hybridized carbons (Fsp3) is 0.118. The van der Waals surface area contributed by atoms with Crippen LogP contribution in [0.3, 0.4) is 0 Å². The number of hydrogen-bond acceptors (Lipinski definition) is 1. The van der Waals surface area contributed by atoms with Crippen molar-refractivity contribution in [3.8, 4) is 0 Å². The zero-order chi connectivity index (χ0) is 18.5. The third kappa shape index (κ3) is 3.25. The van der Waals surface area contributed by atoms with Gasteiger partial charge in [0.2, 0.25) is 0 Å². The Morgan fingerprint density at radius 3 is 2.44 bits per heavy atom. The maximum atomic E-state index is 13.3. The average molecular weight is 479 g/mol. The molecule has 1 aliphatic rings. The van der Waals surface area contributed by atoms with Crippen LogP contribution >= 0.6 is 31.9 Å². The number of halogens is 6. The van der Waals surface area contributed by atoms with Crippen molar-refractivity contribution in [3.05, 3.63) is 61.3 Å². The molecule has 2 aromatic rings.